The second-order valence-electron chi connectivity index (χ2n) is 6.61. The van der Waals surface area contributed by atoms with Crippen LogP contribution in [-0.2, 0) is 16.0 Å². The maximum atomic E-state index is 12.3. The van der Waals surface area contributed by atoms with E-state index in [9.17, 15) is 9.59 Å². The minimum Gasteiger partial charge on any atom is -0.497 e. The van der Waals surface area contributed by atoms with Crippen molar-refractivity contribution in [3.05, 3.63) is 59.7 Å². The van der Waals surface area contributed by atoms with Crippen molar-refractivity contribution >= 4 is 17.5 Å². The lowest BCUT2D eigenvalue weighted by Gasteiger charge is -2.25. The Bertz CT molecular complexity index is 755. The predicted molar refractivity (Wildman–Crippen MR) is 107 cm³/mol. The molecule has 0 aromatic heterocycles. The van der Waals surface area contributed by atoms with E-state index in [2.05, 4.69) is 15.5 Å². The summed E-state index contributed by atoms with van der Waals surface area (Å²) in [5.41, 5.74) is 2.73. The highest BCUT2D eigenvalue weighted by Crippen LogP contribution is 2.20. The first-order valence-corrected chi connectivity index (χ1v) is 8.82. The van der Waals surface area contributed by atoms with Crippen molar-refractivity contribution in [2.75, 3.05) is 33.1 Å². The molecule has 0 aliphatic rings. The summed E-state index contributed by atoms with van der Waals surface area (Å²) < 4.78 is 5.20. The number of amides is 2. The monoisotopic (exact) mass is 369 g/mol. The van der Waals surface area contributed by atoms with Gasteiger partial charge in [-0.25, -0.2) is 0 Å². The highest BCUT2D eigenvalue weighted by molar-refractivity contribution is 5.88. The van der Waals surface area contributed by atoms with E-state index < -0.39 is 0 Å². The summed E-state index contributed by atoms with van der Waals surface area (Å²) in [5, 5.41) is 5.72. The van der Waals surface area contributed by atoms with Crippen molar-refractivity contribution in [2.45, 2.75) is 19.4 Å². The Morgan fingerprint density at radius 2 is 1.67 bits per heavy atom. The molecule has 1 unspecified atom stereocenters. The average Bonchev–Trinajstić information content (AvgIpc) is 2.63. The Morgan fingerprint density at radius 3 is 2.19 bits per heavy atom. The number of benzene rings is 2. The molecule has 27 heavy (non-hydrogen) atoms. The molecule has 2 aromatic rings. The largest absolute Gasteiger partial charge is 0.497 e. The molecule has 0 saturated heterocycles. The van der Waals surface area contributed by atoms with Crippen LogP contribution >= 0.6 is 0 Å². The lowest BCUT2D eigenvalue weighted by atomic mass is 10.1. The van der Waals surface area contributed by atoms with E-state index >= 15 is 0 Å². The fraction of sp³-hybridized carbons (Fsp3) is 0.333. The number of likely N-dealkylation sites (N-methyl/N-ethyl adjacent to an activating group) is 1. The molecule has 6 nitrogen and oxygen atoms in total. The van der Waals surface area contributed by atoms with Crippen LogP contribution in [0.25, 0.3) is 0 Å². The number of nitrogens with zero attached hydrogens (tertiary/aromatic N) is 1. The number of hydrogen-bond donors (Lipinski definition) is 2. The fourth-order valence-electron chi connectivity index (χ4n) is 2.79. The van der Waals surface area contributed by atoms with Gasteiger partial charge in [0.25, 0.3) is 0 Å². The second-order valence-corrected chi connectivity index (χ2v) is 6.61. The van der Waals surface area contributed by atoms with Gasteiger partial charge in [0.05, 0.1) is 19.6 Å². The molecule has 1 atom stereocenters. The number of carbonyl (C=O) groups is 2. The van der Waals surface area contributed by atoms with Crippen LogP contribution in [0.3, 0.4) is 0 Å². The molecule has 0 aliphatic carbocycles. The third-order valence-electron chi connectivity index (χ3n) is 4.26. The van der Waals surface area contributed by atoms with E-state index in [1.54, 1.807) is 19.2 Å². The van der Waals surface area contributed by atoms with E-state index in [0.717, 1.165) is 22.6 Å². The van der Waals surface area contributed by atoms with Crippen molar-refractivity contribution in [1.82, 2.24) is 10.2 Å². The Kier molecular flexibility index (Phi) is 7.37. The Morgan fingerprint density at radius 1 is 1.04 bits per heavy atom. The molecule has 2 aromatic carbocycles. The number of anilines is 1. The van der Waals surface area contributed by atoms with Gasteiger partial charge in [0.2, 0.25) is 11.8 Å². The van der Waals surface area contributed by atoms with Gasteiger partial charge >= 0.3 is 0 Å². The van der Waals surface area contributed by atoms with Gasteiger partial charge in [-0.2, -0.15) is 0 Å². The first-order valence-electron chi connectivity index (χ1n) is 8.82. The molecule has 0 heterocycles. The van der Waals surface area contributed by atoms with E-state index in [4.69, 9.17) is 4.74 Å². The molecule has 0 saturated carbocycles. The minimum absolute atomic E-state index is 0.0392. The zero-order valence-corrected chi connectivity index (χ0v) is 16.3. The highest BCUT2D eigenvalue weighted by Gasteiger charge is 2.15. The molecule has 0 fully saturated rings. The van der Waals surface area contributed by atoms with Gasteiger partial charge in [-0.15, -0.1) is 0 Å². The highest BCUT2D eigenvalue weighted by atomic mass is 16.5. The molecule has 2 amide bonds. The third kappa shape index (κ3) is 6.42. The van der Waals surface area contributed by atoms with Crippen LogP contribution < -0.4 is 15.4 Å². The van der Waals surface area contributed by atoms with Gasteiger partial charge in [-0.3, -0.25) is 9.59 Å². The van der Waals surface area contributed by atoms with Gasteiger partial charge in [-0.1, -0.05) is 24.3 Å². The van der Waals surface area contributed by atoms with Crippen molar-refractivity contribution < 1.29 is 14.3 Å². The van der Waals surface area contributed by atoms with Gasteiger partial charge < -0.3 is 20.3 Å². The summed E-state index contributed by atoms with van der Waals surface area (Å²) in [4.78, 5) is 25.4. The molecule has 2 rings (SSSR count). The smallest absolute Gasteiger partial charge is 0.224 e. The zero-order chi connectivity index (χ0) is 19.8. The number of carbonyl (C=O) groups excluding carboxylic acids is 2. The normalized spacial score (nSPS) is 11.7. The van der Waals surface area contributed by atoms with Crippen LogP contribution in [-0.4, -0.2) is 44.5 Å². The van der Waals surface area contributed by atoms with E-state index in [1.807, 2.05) is 50.5 Å². The summed E-state index contributed by atoms with van der Waals surface area (Å²) in [5.74, 6) is 0.652. The van der Waals surface area contributed by atoms with Crippen LogP contribution in [0, 0.1) is 0 Å². The molecule has 6 heteroatoms. The molecule has 0 radical (unpaired) electrons. The summed E-state index contributed by atoms with van der Waals surface area (Å²) >= 11 is 0. The number of rotatable bonds is 8. The van der Waals surface area contributed by atoms with Crippen LogP contribution in [0.1, 0.15) is 24.1 Å². The average molecular weight is 369 g/mol. The van der Waals surface area contributed by atoms with Gasteiger partial charge in [0.15, 0.2) is 0 Å². The molecular formula is C21H27N3O3. The maximum Gasteiger partial charge on any atom is 0.224 e. The second kappa shape index (κ2) is 9.73. The number of nitrogens with one attached hydrogen (secondary N) is 2. The number of methoxy groups -OCH3 is 1. The van der Waals surface area contributed by atoms with Crippen molar-refractivity contribution in [3.8, 4) is 5.75 Å². The predicted octanol–water partition coefficient (Wildman–Crippen LogP) is 2.62. The quantitative estimate of drug-likeness (QED) is 0.750. The van der Waals surface area contributed by atoms with Crippen LogP contribution in [0.5, 0.6) is 5.75 Å². The van der Waals surface area contributed by atoms with Crippen LogP contribution in [0.15, 0.2) is 48.5 Å². The molecule has 144 valence electrons. The van der Waals surface area contributed by atoms with E-state index in [0.29, 0.717) is 13.0 Å². The molecular weight excluding hydrogens is 342 g/mol. The van der Waals surface area contributed by atoms with Gasteiger partial charge in [-0.05, 0) is 49.5 Å². The summed E-state index contributed by atoms with van der Waals surface area (Å²) in [7, 11) is 5.62. The topological polar surface area (TPSA) is 70.7 Å². The maximum absolute atomic E-state index is 12.3. The minimum atomic E-state index is -0.117. The Balaban J connectivity index is 1.92. The van der Waals surface area contributed by atoms with Crippen molar-refractivity contribution in [1.29, 1.82) is 0 Å². The molecule has 2 N–H and O–H groups in total. The number of ether oxygens (including phenoxy) is 1. The lowest BCUT2D eigenvalue weighted by Crippen LogP contribution is -2.35. The zero-order valence-electron chi connectivity index (χ0n) is 16.3. The van der Waals surface area contributed by atoms with Crippen LogP contribution in [0.4, 0.5) is 5.69 Å². The molecule has 0 bridgehead atoms. The van der Waals surface area contributed by atoms with E-state index in [1.165, 1.54) is 6.92 Å². The fourth-order valence-corrected chi connectivity index (χ4v) is 2.79. The Labute approximate surface area is 160 Å². The van der Waals surface area contributed by atoms with Crippen molar-refractivity contribution in [2.24, 2.45) is 0 Å². The van der Waals surface area contributed by atoms with Gasteiger partial charge in [0.1, 0.15) is 5.75 Å². The standard InChI is InChI=1S/C21H27N3O3/c1-15(25)23-18-9-5-16(6-10-18)13-21(26)22-14-20(24(2)3)17-7-11-19(27-4)12-8-17/h5-12,20H,13-14H2,1-4H3,(H,22,26)(H,23,25). The first-order chi connectivity index (χ1) is 12.9. The SMILES string of the molecule is COc1ccc(C(CNC(=O)Cc2ccc(NC(C)=O)cc2)N(C)C)cc1. The van der Waals surface area contributed by atoms with Crippen LogP contribution in [0.2, 0.25) is 0 Å². The van der Waals surface area contributed by atoms with E-state index in [-0.39, 0.29) is 17.9 Å². The number of hydrogen-bond acceptors (Lipinski definition) is 4. The summed E-state index contributed by atoms with van der Waals surface area (Å²) in [6, 6.07) is 15.2. The summed E-state index contributed by atoms with van der Waals surface area (Å²) in [6.07, 6.45) is 0.295. The van der Waals surface area contributed by atoms with Gasteiger partial charge in [0, 0.05) is 19.2 Å². The summed E-state index contributed by atoms with van der Waals surface area (Å²) in [6.45, 7) is 1.98. The lowest BCUT2D eigenvalue weighted by molar-refractivity contribution is -0.120. The Hall–Kier alpha value is -2.86. The first kappa shape index (κ1) is 20.5. The molecule has 0 aliphatic heterocycles. The third-order valence-corrected chi connectivity index (χ3v) is 4.26. The van der Waals surface area contributed by atoms with Crippen molar-refractivity contribution in [3.63, 3.8) is 0 Å². The molecule has 0 spiro atoms.